The Morgan fingerprint density at radius 1 is 1.30 bits per heavy atom. The van der Waals surface area contributed by atoms with Crippen molar-refractivity contribution in [3.05, 3.63) is 12.7 Å². The molecule has 3 heterocycles. The van der Waals surface area contributed by atoms with E-state index in [0.717, 1.165) is 0 Å². The van der Waals surface area contributed by atoms with Gasteiger partial charge in [0.25, 0.3) is 0 Å². The van der Waals surface area contributed by atoms with Crippen molar-refractivity contribution in [1.29, 1.82) is 0 Å². The lowest BCUT2D eigenvalue weighted by molar-refractivity contribution is -0.0511. The summed E-state index contributed by atoms with van der Waals surface area (Å²) in [6.07, 6.45) is 0.225. The second-order valence-electron chi connectivity index (χ2n) is 5.46. The topological polar surface area (TPSA) is 129 Å². The van der Waals surface area contributed by atoms with Crippen molar-refractivity contribution in [1.82, 2.24) is 24.4 Å². The fraction of sp³-hybridized carbons (Fsp3) is 0.538. The number of aliphatic imine (C=N–C) groups is 1. The minimum Gasteiger partial charge on any atom is -0.394 e. The zero-order valence-electron chi connectivity index (χ0n) is 12.7. The Balaban J connectivity index is 1.99. The van der Waals surface area contributed by atoms with Crippen LogP contribution in [-0.2, 0) is 4.74 Å². The minimum atomic E-state index is -1.20. The summed E-state index contributed by atoms with van der Waals surface area (Å²) >= 11 is 0. The Morgan fingerprint density at radius 2 is 2.09 bits per heavy atom. The normalized spacial score (nSPS) is 28.0. The number of nitrogens with zero attached hydrogens (tertiary/aromatic N) is 6. The summed E-state index contributed by atoms with van der Waals surface area (Å²) in [7, 11) is 3.67. The molecule has 4 atom stereocenters. The summed E-state index contributed by atoms with van der Waals surface area (Å²) in [6, 6.07) is 0. The average Bonchev–Trinajstić information content (AvgIpc) is 3.08. The molecule has 0 unspecified atom stereocenters. The van der Waals surface area contributed by atoms with Crippen LogP contribution in [0.4, 0.5) is 5.82 Å². The van der Waals surface area contributed by atoms with Gasteiger partial charge in [0.1, 0.15) is 24.6 Å². The molecule has 3 N–H and O–H groups in total. The van der Waals surface area contributed by atoms with E-state index in [-0.39, 0.29) is 0 Å². The second kappa shape index (κ2) is 6.16. The smallest absolute Gasteiger partial charge is 0.184 e. The number of fused-ring (bicyclic) bond motifs is 1. The number of rotatable bonds is 4. The molecule has 0 aliphatic carbocycles. The van der Waals surface area contributed by atoms with Crippen LogP contribution in [0.1, 0.15) is 6.23 Å². The first-order valence-electron chi connectivity index (χ1n) is 7.03. The van der Waals surface area contributed by atoms with Crippen LogP contribution in [0.5, 0.6) is 0 Å². The molecule has 3 rings (SSSR count). The summed E-state index contributed by atoms with van der Waals surface area (Å²) in [5.41, 5.74) is 0.865. The van der Waals surface area contributed by atoms with Crippen molar-refractivity contribution in [2.24, 2.45) is 4.99 Å². The minimum absolute atomic E-state index is 0.384. The van der Waals surface area contributed by atoms with Gasteiger partial charge in [0.2, 0.25) is 0 Å². The van der Waals surface area contributed by atoms with E-state index in [1.165, 1.54) is 17.2 Å². The Labute approximate surface area is 131 Å². The Kier molecular flexibility index (Phi) is 4.22. The highest BCUT2D eigenvalue weighted by Crippen LogP contribution is 2.32. The van der Waals surface area contributed by atoms with Crippen LogP contribution in [0.2, 0.25) is 0 Å². The number of aliphatic hydroxyl groups excluding tert-OH is 3. The molecule has 1 aliphatic heterocycles. The third-order valence-electron chi connectivity index (χ3n) is 3.54. The SMILES string of the molecule is CN(C)C=Nc1ncnc2c1ncn2[C@@H]1O[C@H](CO)[C@@H](O)[C@H]1O. The third-order valence-corrected chi connectivity index (χ3v) is 3.54. The monoisotopic (exact) mass is 322 g/mol. The van der Waals surface area contributed by atoms with E-state index in [1.807, 2.05) is 14.1 Å². The molecule has 2 aromatic rings. The molecule has 0 bridgehead atoms. The molecule has 0 aromatic carbocycles. The first kappa shape index (κ1) is 15.7. The highest BCUT2D eigenvalue weighted by atomic mass is 16.6. The number of hydrogen-bond donors (Lipinski definition) is 3. The van der Waals surface area contributed by atoms with E-state index in [9.17, 15) is 15.3 Å². The Bertz CT molecular complexity index is 718. The van der Waals surface area contributed by atoms with Gasteiger partial charge >= 0.3 is 0 Å². The molecule has 1 saturated heterocycles. The lowest BCUT2D eigenvalue weighted by Gasteiger charge is -2.16. The van der Waals surface area contributed by atoms with Gasteiger partial charge in [0.05, 0.1) is 19.3 Å². The molecular formula is C13H18N6O4. The molecule has 1 aliphatic rings. The number of ether oxygens (including phenoxy) is 1. The van der Waals surface area contributed by atoms with Crippen LogP contribution in [0.25, 0.3) is 11.2 Å². The van der Waals surface area contributed by atoms with Crippen LogP contribution in [0.3, 0.4) is 0 Å². The van der Waals surface area contributed by atoms with Gasteiger partial charge in [0.15, 0.2) is 23.2 Å². The van der Waals surface area contributed by atoms with E-state index in [2.05, 4.69) is 19.9 Å². The molecule has 23 heavy (non-hydrogen) atoms. The van der Waals surface area contributed by atoms with Gasteiger partial charge in [-0.1, -0.05) is 0 Å². The first-order chi connectivity index (χ1) is 11.0. The van der Waals surface area contributed by atoms with Crippen molar-refractivity contribution in [3.63, 3.8) is 0 Å². The van der Waals surface area contributed by atoms with Crippen molar-refractivity contribution in [3.8, 4) is 0 Å². The standard InChI is InChI=1S/C13H18N6O4/c1-18(2)5-17-11-8-12(15-4-14-11)19(6-16-8)13-10(22)9(21)7(3-20)23-13/h4-7,9-10,13,20-22H,3H2,1-2H3/t7-,9-,10-,13-/m1/s1. The predicted molar refractivity (Wildman–Crippen MR) is 80.2 cm³/mol. The van der Waals surface area contributed by atoms with E-state index in [1.54, 1.807) is 11.2 Å². The van der Waals surface area contributed by atoms with Crippen molar-refractivity contribution in [2.45, 2.75) is 24.5 Å². The third kappa shape index (κ3) is 2.77. The number of hydrogen-bond acceptors (Lipinski definition) is 8. The van der Waals surface area contributed by atoms with Crippen LogP contribution < -0.4 is 0 Å². The molecule has 0 amide bonds. The molecule has 0 spiro atoms. The van der Waals surface area contributed by atoms with Gasteiger partial charge in [-0.2, -0.15) is 0 Å². The Morgan fingerprint density at radius 3 is 2.74 bits per heavy atom. The number of aromatic nitrogens is 4. The lowest BCUT2D eigenvalue weighted by atomic mass is 10.1. The summed E-state index contributed by atoms with van der Waals surface area (Å²) in [6.45, 7) is -0.394. The van der Waals surface area contributed by atoms with E-state index >= 15 is 0 Å². The van der Waals surface area contributed by atoms with Crippen molar-refractivity contribution < 1.29 is 20.1 Å². The summed E-state index contributed by atoms with van der Waals surface area (Å²) in [4.78, 5) is 18.4. The highest BCUT2D eigenvalue weighted by molar-refractivity contribution is 5.82. The molecule has 124 valence electrons. The molecule has 10 nitrogen and oxygen atoms in total. The number of imidazole rings is 1. The quantitative estimate of drug-likeness (QED) is 0.466. The molecule has 0 radical (unpaired) electrons. The zero-order chi connectivity index (χ0) is 16.6. The summed E-state index contributed by atoms with van der Waals surface area (Å²) < 4.78 is 6.99. The second-order valence-corrected chi connectivity index (χ2v) is 5.46. The maximum Gasteiger partial charge on any atom is 0.184 e. The molecule has 1 fully saturated rings. The van der Waals surface area contributed by atoms with E-state index < -0.39 is 31.1 Å². The van der Waals surface area contributed by atoms with Gasteiger partial charge in [-0.25, -0.2) is 19.9 Å². The first-order valence-corrected chi connectivity index (χ1v) is 7.03. The predicted octanol–water partition coefficient (Wildman–Crippen LogP) is -1.34. The van der Waals surface area contributed by atoms with Gasteiger partial charge in [-0.15, -0.1) is 0 Å². The molecule has 2 aromatic heterocycles. The van der Waals surface area contributed by atoms with Gasteiger partial charge in [-0.05, 0) is 0 Å². The summed E-state index contributed by atoms with van der Waals surface area (Å²) in [5, 5.41) is 29.2. The average molecular weight is 322 g/mol. The maximum atomic E-state index is 10.1. The van der Waals surface area contributed by atoms with Crippen LogP contribution in [-0.4, -0.2) is 85.1 Å². The van der Waals surface area contributed by atoms with Crippen LogP contribution in [0.15, 0.2) is 17.6 Å². The van der Waals surface area contributed by atoms with Gasteiger partial charge < -0.3 is 25.0 Å². The van der Waals surface area contributed by atoms with Crippen molar-refractivity contribution in [2.75, 3.05) is 20.7 Å². The van der Waals surface area contributed by atoms with Gasteiger partial charge in [-0.3, -0.25) is 4.57 Å². The van der Waals surface area contributed by atoms with Crippen molar-refractivity contribution >= 4 is 23.3 Å². The fourth-order valence-corrected chi connectivity index (χ4v) is 2.40. The largest absolute Gasteiger partial charge is 0.394 e. The maximum absolute atomic E-state index is 10.1. The van der Waals surface area contributed by atoms with Crippen LogP contribution in [0, 0.1) is 0 Å². The number of aliphatic hydroxyl groups is 3. The highest BCUT2D eigenvalue weighted by Gasteiger charge is 2.43. The van der Waals surface area contributed by atoms with E-state index in [4.69, 9.17) is 4.74 Å². The molecular weight excluding hydrogens is 304 g/mol. The lowest BCUT2D eigenvalue weighted by Crippen LogP contribution is -2.33. The summed E-state index contributed by atoms with van der Waals surface area (Å²) in [5.74, 6) is 0.384. The van der Waals surface area contributed by atoms with Gasteiger partial charge in [0, 0.05) is 14.1 Å². The zero-order valence-corrected chi connectivity index (χ0v) is 12.7. The fourth-order valence-electron chi connectivity index (χ4n) is 2.40. The molecule has 10 heteroatoms. The molecule has 0 saturated carbocycles. The van der Waals surface area contributed by atoms with E-state index in [0.29, 0.717) is 17.0 Å². The van der Waals surface area contributed by atoms with Crippen LogP contribution >= 0.6 is 0 Å². The Hall–Kier alpha value is -2.14.